The summed E-state index contributed by atoms with van der Waals surface area (Å²) in [6.45, 7) is 1.42. The van der Waals surface area contributed by atoms with Crippen molar-refractivity contribution in [1.29, 1.82) is 0 Å². The maximum atomic E-state index is 14.8. The number of amides is 6. The van der Waals surface area contributed by atoms with E-state index >= 15 is 0 Å². The third kappa shape index (κ3) is 9.70. The van der Waals surface area contributed by atoms with E-state index in [1.54, 1.807) is 11.6 Å². The van der Waals surface area contributed by atoms with Crippen LogP contribution in [0.2, 0.25) is 0 Å². The zero-order valence-corrected chi connectivity index (χ0v) is 32.6. The summed E-state index contributed by atoms with van der Waals surface area (Å²) in [6.07, 6.45) is 11.2. The number of carbonyl (C=O) groups excluding carboxylic acids is 6. The number of aryl methyl sites for hydroxylation is 1. The topological polar surface area (TPSA) is 221 Å². The van der Waals surface area contributed by atoms with E-state index < -0.39 is 35.5 Å². The standard InChI is InChI=1S/C38H48FN11O6S/c1-49-28(14-21-4-5-21)24(15-45-49)34-26(39)16-44-38(48-34)46-23-8-6-22(7-9-23)42-19-32(53)41-13-3-2-12-40-18-31(52)43-17-29-33-25(20-57-29)36(55)50(37(33)56)27-10-11-30(51)47-35(27)54/h15-16,20-23,27,40,42H,2-14,17-19H2,1H3,(H,41,53)(H,43,52)(H,44,46,48)(H,47,51,54). The van der Waals surface area contributed by atoms with E-state index in [9.17, 15) is 33.2 Å². The van der Waals surface area contributed by atoms with Gasteiger partial charge in [0.05, 0.1) is 43.2 Å². The molecule has 19 heteroatoms. The quantitative estimate of drug-likeness (QED) is 0.0797. The lowest BCUT2D eigenvalue weighted by Crippen LogP contribution is -2.54. The van der Waals surface area contributed by atoms with Gasteiger partial charge in [-0.3, -0.25) is 43.7 Å². The minimum atomic E-state index is -1.04. The van der Waals surface area contributed by atoms with Crippen molar-refractivity contribution in [1.82, 2.24) is 51.2 Å². The molecule has 3 aromatic heterocycles. The van der Waals surface area contributed by atoms with Crippen LogP contribution in [0.15, 0.2) is 17.8 Å². The lowest BCUT2D eigenvalue weighted by molar-refractivity contribution is -0.136. The highest BCUT2D eigenvalue weighted by molar-refractivity contribution is 7.10. The van der Waals surface area contributed by atoms with Crippen molar-refractivity contribution in [2.24, 2.45) is 13.0 Å². The van der Waals surface area contributed by atoms with Gasteiger partial charge in [-0.25, -0.2) is 14.4 Å². The Labute approximate surface area is 332 Å². The molecule has 0 aromatic carbocycles. The summed E-state index contributed by atoms with van der Waals surface area (Å²) in [7, 11) is 1.88. The smallest absolute Gasteiger partial charge is 0.263 e. The number of rotatable bonds is 18. The predicted octanol–water partition coefficient (Wildman–Crippen LogP) is 1.55. The fraction of sp³-hybridized carbons (Fsp3) is 0.553. The van der Waals surface area contributed by atoms with E-state index in [0.717, 1.165) is 61.1 Å². The molecular weight excluding hydrogens is 758 g/mol. The first-order chi connectivity index (χ1) is 27.5. The van der Waals surface area contributed by atoms with Crippen LogP contribution in [0.3, 0.4) is 0 Å². The number of piperidine rings is 1. The molecule has 3 fully saturated rings. The van der Waals surface area contributed by atoms with Crippen LogP contribution < -0.4 is 31.9 Å². The molecule has 2 aliphatic carbocycles. The summed E-state index contributed by atoms with van der Waals surface area (Å²) >= 11 is 1.19. The SMILES string of the molecule is Cn1ncc(-c2nc(NC3CCC(NCC(=O)NCCCCNCC(=O)NCc4scc5c4C(=O)N(C4CCC(=O)NC4=O)C5=O)CC3)ncc2F)c1CC1CC1. The Morgan fingerprint density at radius 3 is 2.44 bits per heavy atom. The average Bonchev–Trinajstić information content (AvgIpc) is 3.72. The van der Waals surface area contributed by atoms with Crippen molar-refractivity contribution in [3.05, 3.63) is 45.3 Å². The Kier molecular flexibility index (Phi) is 12.6. The Balaban J connectivity index is 0.732. The number of unbranched alkanes of at least 4 members (excludes halogenated alkanes) is 1. The van der Waals surface area contributed by atoms with Crippen molar-refractivity contribution in [2.45, 2.75) is 95.3 Å². The number of nitrogens with zero attached hydrogens (tertiary/aromatic N) is 5. The van der Waals surface area contributed by atoms with E-state index in [1.165, 1.54) is 30.4 Å². The van der Waals surface area contributed by atoms with Gasteiger partial charge in [0, 0.05) is 53.6 Å². The fourth-order valence-corrected chi connectivity index (χ4v) is 8.52. The number of fused-ring (bicyclic) bond motifs is 1. The van der Waals surface area contributed by atoms with Crippen LogP contribution in [-0.4, -0.2) is 104 Å². The maximum Gasteiger partial charge on any atom is 0.263 e. The number of halogens is 1. The van der Waals surface area contributed by atoms with Crippen LogP contribution in [0.25, 0.3) is 11.3 Å². The second-order valence-corrected chi connectivity index (χ2v) is 16.1. The minimum absolute atomic E-state index is 0.0410. The summed E-state index contributed by atoms with van der Waals surface area (Å²) in [6, 6.07) is -0.679. The highest BCUT2D eigenvalue weighted by atomic mass is 32.1. The number of carbonyl (C=O) groups is 6. The van der Waals surface area contributed by atoms with Crippen molar-refractivity contribution in [3.8, 4) is 11.3 Å². The van der Waals surface area contributed by atoms with E-state index in [2.05, 4.69) is 47.0 Å². The molecule has 0 radical (unpaired) electrons. The average molecular weight is 806 g/mol. The van der Waals surface area contributed by atoms with Gasteiger partial charge in [0.1, 0.15) is 11.7 Å². The lowest BCUT2D eigenvalue weighted by Gasteiger charge is -2.29. The van der Waals surface area contributed by atoms with E-state index in [0.29, 0.717) is 29.8 Å². The molecule has 6 N–H and O–H groups in total. The largest absolute Gasteiger partial charge is 0.355 e. The van der Waals surface area contributed by atoms with E-state index in [1.807, 2.05) is 11.7 Å². The number of hydrogen-bond acceptors (Lipinski definition) is 13. The van der Waals surface area contributed by atoms with Gasteiger partial charge in [0.15, 0.2) is 5.82 Å². The summed E-state index contributed by atoms with van der Waals surface area (Å²) in [5, 5.41) is 23.6. The molecule has 7 rings (SSSR count). The molecule has 0 bridgehead atoms. The molecule has 3 aromatic rings. The molecule has 304 valence electrons. The van der Waals surface area contributed by atoms with Gasteiger partial charge in [-0.05, 0) is 76.7 Å². The lowest BCUT2D eigenvalue weighted by atomic mass is 9.91. The molecule has 6 amide bonds. The summed E-state index contributed by atoms with van der Waals surface area (Å²) in [5.74, 6) is -2.07. The monoisotopic (exact) mass is 805 g/mol. The van der Waals surface area contributed by atoms with Crippen molar-refractivity contribution >= 4 is 52.7 Å². The number of imide groups is 2. The highest BCUT2D eigenvalue weighted by Crippen LogP contribution is 2.36. The molecule has 1 saturated heterocycles. The first-order valence-electron chi connectivity index (χ1n) is 19.7. The molecule has 4 aliphatic rings. The number of anilines is 1. The van der Waals surface area contributed by atoms with Gasteiger partial charge in [-0.15, -0.1) is 11.3 Å². The molecule has 0 spiro atoms. The number of hydrogen-bond donors (Lipinski definition) is 6. The van der Waals surface area contributed by atoms with Crippen LogP contribution in [-0.2, 0) is 39.2 Å². The Morgan fingerprint density at radius 1 is 0.912 bits per heavy atom. The van der Waals surface area contributed by atoms with Crippen LogP contribution in [0.5, 0.6) is 0 Å². The van der Waals surface area contributed by atoms with Gasteiger partial charge in [0.2, 0.25) is 29.6 Å². The molecule has 17 nitrogen and oxygen atoms in total. The van der Waals surface area contributed by atoms with E-state index in [4.69, 9.17) is 0 Å². The van der Waals surface area contributed by atoms with Crippen LogP contribution >= 0.6 is 11.3 Å². The molecule has 2 aliphatic heterocycles. The zero-order chi connectivity index (χ0) is 40.1. The third-order valence-corrected chi connectivity index (χ3v) is 11.9. The van der Waals surface area contributed by atoms with Gasteiger partial charge in [-0.1, -0.05) is 0 Å². The number of thiophene rings is 1. The summed E-state index contributed by atoms with van der Waals surface area (Å²) in [4.78, 5) is 84.9. The summed E-state index contributed by atoms with van der Waals surface area (Å²) < 4.78 is 16.7. The van der Waals surface area contributed by atoms with Gasteiger partial charge >= 0.3 is 0 Å². The van der Waals surface area contributed by atoms with Gasteiger partial charge < -0.3 is 26.6 Å². The van der Waals surface area contributed by atoms with Crippen LogP contribution in [0, 0.1) is 11.7 Å². The normalized spacial score (nSPS) is 20.7. The Bertz CT molecular complexity index is 2020. The first kappa shape index (κ1) is 40.1. The number of aromatic nitrogens is 4. The molecule has 57 heavy (non-hydrogen) atoms. The molecular formula is C38H48FN11O6S. The second kappa shape index (κ2) is 18.0. The molecule has 1 atom stereocenters. The maximum absolute atomic E-state index is 14.8. The molecule has 1 unspecified atom stereocenters. The van der Waals surface area contributed by atoms with Crippen LogP contribution in [0.4, 0.5) is 10.3 Å². The Morgan fingerprint density at radius 2 is 1.67 bits per heavy atom. The highest BCUT2D eigenvalue weighted by Gasteiger charge is 2.46. The van der Waals surface area contributed by atoms with Crippen molar-refractivity contribution in [2.75, 3.05) is 31.5 Å². The molecule has 5 heterocycles. The van der Waals surface area contributed by atoms with E-state index in [-0.39, 0.29) is 73.2 Å². The van der Waals surface area contributed by atoms with Crippen molar-refractivity contribution < 1.29 is 33.2 Å². The predicted molar refractivity (Wildman–Crippen MR) is 206 cm³/mol. The first-order valence-corrected chi connectivity index (χ1v) is 20.5. The third-order valence-electron chi connectivity index (χ3n) is 11.0. The van der Waals surface area contributed by atoms with Crippen LogP contribution in [0.1, 0.15) is 95.5 Å². The van der Waals surface area contributed by atoms with Gasteiger partial charge in [0.25, 0.3) is 11.8 Å². The molecule has 2 saturated carbocycles. The summed E-state index contributed by atoms with van der Waals surface area (Å²) in [5.41, 5.74) is 2.37. The second-order valence-electron chi connectivity index (χ2n) is 15.1. The minimum Gasteiger partial charge on any atom is -0.355 e. The van der Waals surface area contributed by atoms with Gasteiger partial charge in [-0.2, -0.15) is 5.10 Å². The number of nitrogens with one attached hydrogen (secondary N) is 6. The zero-order valence-electron chi connectivity index (χ0n) is 31.8. The fourth-order valence-electron chi connectivity index (χ4n) is 7.57. The Hall–Kier alpha value is -5.14. The van der Waals surface area contributed by atoms with Crippen molar-refractivity contribution in [3.63, 3.8) is 0 Å².